The molecule has 34 heavy (non-hydrogen) atoms. The van der Waals surface area contributed by atoms with Crippen LogP contribution in [-0.4, -0.2) is 5.91 Å². The Morgan fingerprint density at radius 1 is 0.941 bits per heavy atom. The van der Waals surface area contributed by atoms with E-state index in [1.54, 1.807) is 18.2 Å². The number of benzene rings is 4. The van der Waals surface area contributed by atoms with Crippen LogP contribution in [-0.2, 0) is 11.4 Å². The number of ether oxygens (including phenoxy) is 1. The number of anilines is 1. The van der Waals surface area contributed by atoms with Crippen molar-refractivity contribution in [2.75, 3.05) is 5.32 Å². The van der Waals surface area contributed by atoms with Gasteiger partial charge in [0.25, 0.3) is 5.91 Å². The van der Waals surface area contributed by atoms with Crippen LogP contribution in [0, 0.1) is 11.3 Å². The van der Waals surface area contributed by atoms with Gasteiger partial charge in [0.2, 0.25) is 0 Å². The third-order valence-electron chi connectivity index (χ3n) is 5.10. The monoisotopic (exact) mass is 506 g/mol. The van der Waals surface area contributed by atoms with Gasteiger partial charge in [0.05, 0.1) is 10.7 Å². The van der Waals surface area contributed by atoms with E-state index in [9.17, 15) is 10.1 Å². The second-order valence-corrected chi connectivity index (χ2v) is 8.58. The van der Waals surface area contributed by atoms with Gasteiger partial charge in [-0.25, -0.2) is 0 Å². The summed E-state index contributed by atoms with van der Waals surface area (Å²) in [5, 5.41) is 15.5. The topological polar surface area (TPSA) is 62.1 Å². The number of hydrogen-bond acceptors (Lipinski definition) is 3. The highest BCUT2D eigenvalue weighted by molar-refractivity contribution is 6.36. The summed E-state index contributed by atoms with van der Waals surface area (Å²) in [6, 6.07) is 25.5. The SMILES string of the molecule is N#C/C(=C\c1c(OCc2ccccc2Cl)ccc2ccccc12)C(=O)Nc1cc(Cl)ccc1Cl. The second-order valence-electron chi connectivity index (χ2n) is 7.33. The van der Waals surface area contributed by atoms with Gasteiger partial charge in [0, 0.05) is 21.2 Å². The predicted molar refractivity (Wildman–Crippen MR) is 138 cm³/mol. The Labute approximate surface area is 211 Å². The summed E-state index contributed by atoms with van der Waals surface area (Å²) in [6.45, 7) is 0.227. The Morgan fingerprint density at radius 2 is 1.71 bits per heavy atom. The molecule has 0 aliphatic heterocycles. The summed E-state index contributed by atoms with van der Waals surface area (Å²) in [7, 11) is 0. The molecule has 0 radical (unpaired) electrons. The third kappa shape index (κ3) is 5.35. The summed E-state index contributed by atoms with van der Waals surface area (Å²) in [4.78, 5) is 12.9. The summed E-state index contributed by atoms with van der Waals surface area (Å²) in [6.07, 6.45) is 1.51. The quantitative estimate of drug-likeness (QED) is 0.213. The van der Waals surface area contributed by atoms with Crippen molar-refractivity contribution in [2.45, 2.75) is 6.61 Å². The van der Waals surface area contributed by atoms with E-state index in [1.165, 1.54) is 12.1 Å². The van der Waals surface area contributed by atoms with Crippen LogP contribution in [0.3, 0.4) is 0 Å². The van der Waals surface area contributed by atoms with E-state index in [4.69, 9.17) is 39.5 Å². The van der Waals surface area contributed by atoms with Crippen LogP contribution < -0.4 is 10.1 Å². The van der Waals surface area contributed by atoms with E-state index >= 15 is 0 Å². The van der Waals surface area contributed by atoms with Gasteiger partial charge in [-0.15, -0.1) is 0 Å². The number of rotatable bonds is 6. The maximum Gasteiger partial charge on any atom is 0.266 e. The minimum atomic E-state index is -0.614. The highest BCUT2D eigenvalue weighted by Crippen LogP contribution is 2.32. The van der Waals surface area contributed by atoms with Crippen molar-refractivity contribution < 1.29 is 9.53 Å². The standard InChI is InChI=1S/C27H17Cl3N2O2/c28-20-10-11-24(30)25(14-20)32-27(33)19(15-31)13-22-21-7-3-1-5-17(21)9-12-26(22)34-16-18-6-2-4-8-23(18)29/h1-14H,16H2,(H,32,33)/b19-13+. The van der Waals surface area contributed by atoms with Crippen molar-refractivity contribution in [1.29, 1.82) is 5.26 Å². The fourth-order valence-corrected chi connectivity index (χ4v) is 3.92. The fourth-order valence-electron chi connectivity index (χ4n) is 3.40. The van der Waals surface area contributed by atoms with E-state index in [0.29, 0.717) is 32.1 Å². The highest BCUT2D eigenvalue weighted by atomic mass is 35.5. The first-order valence-corrected chi connectivity index (χ1v) is 11.4. The van der Waals surface area contributed by atoms with Crippen molar-refractivity contribution in [1.82, 2.24) is 0 Å². The lowest BCUT2D eigenvalue weighted by molar-refractivity contribution is -0.112. The van der Waals surface area contributed by atoms with E-state index in [-0.39, 0.29) is 12.2 Å². The van der Waals surface area contributed by atoms with E-state index in [1.807, 2.05) is 60.7 Å². The molecule has 0 bridgehead atoms. The van der Waals surface area contributed by atoms with Crippen LogP contribution in [0.2, 0.25) is 15.1 Å². The van der Waals surface area contributed by atoms with E-state index < -0.39 is 5.91 Å². The van der Waals surface area contributed by atoms with Gasteiger partial charge in [0.1, 0.15) is 24.0 Å². The molecule has 1 N–H and O–H groups in total. The number of nitriles is 1. The Balaban J connectivity index is 1.72. The number of carbonyl (C=O) groups excluding carboxylic acids is 1. The first-order valence-electron chi connectivity index (χ1n) is 10.2. The summed E-state index contributed by atoms with van der Waals surface area (Å²) in [5.74, 6) is -0.100. The Bertz CT molecular complexity index is 1460. The van der Waals surface area contributed by atoms with Gasteiger partial charge < -0.3 is 10.1 Å². The average Bonchev–Trinajstić information content (AvgIpc) is 2.84. The fraction of sp³-hybridized carbons (Fsp3) is 0.0370. The van der Waals surface area contributed by atoms with Crippen molar-refractivity contribution in [3.63, 3.8) is 0 Å². The predicted octanol–water partition coefficient (Wildman–Crippen LogP) is 7.92. The lowest BCUT2D eigenvalue weighted by Gasteiger charge is -2.13. The zero-order valence-electron chi connectivity index (χ0n) is 17.7. The molecule has 168 valence electrons. The van der Waals surface area contributed by atoms with Crippen LogP contribution in [0.5, 0.6) is 5.75 Å². The number of amides is 1. The molecule has 0 saturated heterocycles. The lowest BCUT2D eigenvalue weighted by atomic mass is 10.0. The molecule has 0 heterocycles. The Hall–Kier alpha value is -3.49. The molecule has 4 nitrogen and oxygen atoms in total. The summed E-state index contributed by atoms with van der Waals surface area (Å²) >= 11 is 18.4. The Morgan fingerprint density at radius 3 is 2.50 bits per heavy atom. The number of halogens is 3. The van der Waals surface area contributed by atoms with Crippen molar-refractivity contribution in [3.8, 4) is 11.8 Å². The van der Waals surface area contributed by atoms with Crippen LogP contribution in [0.15, 0.2) is 84.4 Å². The first kappa shape index (κ1) is 23.7. The average molecular weight is 508 g/mol. The lowest BCUT2D eigenvalue weighted by Crippen LogP contribution is -2.14. The van der Waals surface area contributed by atoms with Crippen molar-refractivity contribution in [2.24, 2.45) is 0 Å². The smallest absolute Gasteiger partial charge is 0.266 e. The number of hydrogen-bond donors (Lipinski definition) is 1. The molecule has 0 spiro atoms. The number of nitrogens with one attached hydrogen (secondary N) is 1. The molecule has 0 aliphatic carbocycles. The molecular weight excluding hydrogens is 491 g/mol. The molecule has 0 saturated carbocycles. The van der Waals surface area contributed by atoms with E-state index in [2.05, 4.69) is 5.32 Å². The number of carbonyl (C=O) groups is 1. The molecule has 0 aromatic heterocycles. The summed E-state index contributed by atoms with van der Waals surface area (Å²) in [5.41, 5.74) is 1.62. The highest BCUT2D eigenvalue weighted by Gasteiger charge is 2.15. The van der Waals surface area contributed by atoms with Crippen LogP contribution in [0.1, 0.15) is 11.1 Å². The first-order chi connectivity index (χ1) is 16.5. The van der Waals surface area contributed by atoms with Crippen molar-refractivity contribution in [3.05, 3.63) is 111 Å². The Kier molecular flexibility index (Phi) is 7.40. The second kappa shape index (κ2) is 10.6. The van der Waals surface area contributed by atoms with Crippen LogP contribution in [0.25, 0.3) is 16.8 Å². The van der Waals surface area contributed by atoms with Gasteiger partial charge >= 0.3 is 0 Å². The molecule has 0 atom stereocenters. The zero-order valence-corrected chi connectivity index (χ0v) is 20.0. The largest absolute Gasteiger partial charge is 0.488 e. The third-order valence-corrected chi connectivity index (χ3v) is 6.04. The molecule has 4 rings (SSSR count). The molecule has 0 fully saturated rings. The van der Waals surface area contributed by atoms with Gasteiger partial charge in [-0.3, -0.25) is 4.79 Å². The molecule has 0 aliphatic rings. The van der Waals surface area contributed by atoms with Crippen LogP contribution in [0.4, 0.5) is 5.69 Å². The van der Waals surface area contributed by atoms with E-state index in [0.717, 1.165) is 16.3 Å². The maximum atomic E-state index is 12.9. The van der Waals surface area contributed by atoms with Gasteiger partial charge in [-0.1, -0.05) is 83.3 Å². The normalized spacial score (nSPS) is 11.2. The van der Waals surface area contributed by atoms with Crippen molar-refractivity contribution >= 4 is 63.2 Å². The molecular formula is C27H17Cl3N2O2. The molecule has 4 aromatic rings. The minimum Gasteiger partial charge on any atom is -0.488 e. The van der Waals surface area contributed by atoms with Gasteiger partial charge in [-0.2, -0.15) is 5.26 Å². The van der Waals surface area contributed by atoms with Gasteiger partial charge in [0.15, 0.2) is 0 Å². The number of fused-ring (bicyclic) bond motifs is 1. The zero-order chi connectivity index (χ0) is 24.1. The summed E-state index contributed by atoms with van der Waals surface area (Å²) < 4.78 is 6.08. The molecule has 1 amide bonds. The minimum absolute atomic E-state index is 0.116. The number of nitrogens with zero attached hydrogens (tertiary/aromatic N) is 1. The van der Waals surface area contributed by atoms with Gasteiger partial charge in [-0.05, 0) is 47.2 Å². The molecule has 4 aromatic carbocycles. The molecule has 7 heteroatoms. The molecule has 0 unspecified atom stereocenters. The maximum absolute atomic E-state index is 12.9. The van der Waals surface area contributed by atoms with Crippen LogP contribution >= 0.6 is 34.8 Å².